The van der Waals surface area contributed by atoms with Gasteiger partial charge in [0.2, 0.25) is 0 Å². The third kappa shape index (κ3) is 3.10. The van der Waals surface area contributed by atoms with Crippen molar-refractivity contribution in [3.63, 3.8) is 0 Å². The van der Waals surface area contributed by atoms with Crippen LogP contribution in [0, 0.1) is 6.92 Å². The molecule has 0 spiro atoms. The van der Waals surface area contributed by atoms with E-state index in [1.54, 1.807) is 6.07 Å². The van der Waals surface area contributed by atoms with E-state index in [0.717, 1.165) is 31.5 Å². The molecular formula is C15H21ClN2O. The van der Waals surface area contributed by atoms with Crippen molar-refractivity contribution in [1.82, 2.24) is 10.2 Å². The van der Waals surface area contributed by atoms with Gasteiger partial charge in [0.1, 0.15) is 0 Å². The number of piperidine rings is 1. The Hall–Kier alpha value is -1.06. The van der Waals surface area contributed by atoms with Crippen molar-refractivity contribution >= 4 is 17.5 Å². The normalized spacial score (nSPS) is 18.4. The van der Waals surface area contributed by atoms with Crippen LogP contribution in [0.5, 0.6) is 0 Å². The molecule has 1 amide bonds. The Morgan fingerprint density at radius 2 is 2.00 bits per heavy atom. The van der Waals surface area contributed by atoms with Gasteiger partial charge in [0, 0.05) is 29.2 Å². The Bertz CT molecular complexity index is 479. The van der Waals surface area contributed by atoms with E-state index in [1.807, 2.05) is 31.0 Å². The minimum Gasteiger partial charge on any atom is -0.339 e. The van der Waals surface area contributed by atoms with Crippen molar-refractivity contribution < 1.29 is 4.79 Å². The molecule has 0 unspecified atom stereocenters. The van der Waals surface area contributed by atoms with Crippen molar-refractivity contribution in [1.29, 1.82) is 0 Å². The maximum atomic E-state index is 12.4. The molecule has 0 aliphatic carbocycles. The average Bonchev–Trinajstić information content (AvgIpc) is 2.42. The van der Waals surface area contributed by atoms with Crippen molar-refractivity contribution in [2.24, 2.45) is 0 Å². The maximum Gasteiger partial charge on any atom is 0.253 e. The summed E-state index contributed by atoms with van der Waals surface area (Å²) in [6, 6.07) is 5.53. The van der Waals surface area contributed by atoms with Crippen molar-refractivity contribution in [3.8, 4) is 0 Å². The van der Waals surface area contributed by atoms with Crippen LogP contribution in [0.1, 0.15) is 35.7 Å². The summed E-state index contributed by atoms with van der Waals surface area (Å²) in [7, 11) is 1.98. The van der Waals surface area contributed by atoms with Crippen LogP contribution >= 0.6 is 11.6 Å². The molecule has 1 heterocycles. The molecule has 1 N–H and O–H groups in total. The predicted octanol–water partition coefficient (Wildman–Crippen LogP) is 2.86. The largest absolute Gasteiger partial charge is 0.339 e. The van der Waals surface area contributed by atoms with Crippen molar-refractivity contribution in [2.75, 3.05) is 20.1 Å². The third-order valence-corrected chi connectivity index (χ3v) is 4.58. The van der Waals surface area contributed by atoms with Gasteiger partial charge in [-0.05, 0) is 51.4 Å². The fraction of sp³-hybridized carbons (Fsp3) is 0.533. The molecule has 4 heteroatoms. The topological polar surface area (TPSA) is 32.3 Å². The van der Waals surface area contributed by atoms with Crippen LogP contribution in [-0.2, 0) is 0 Å². The van der Waals surface area contributed by atoms with Gasteiger partial charge in [-0.3, -0.25) is 4.79 Å². The minimum atomic E-state index is 0.0834. The fourth-order valence-electron chi connectivity index (χ4n) is 2.36. The number of benzene rings is 1. The monoisotopic (exact) mass is 280 g/mol. The quantitative estimate of drug-likeness (QED) is 0.903. The highest BCUT2D eigenvalue weighted by atomic mass is 35.5. The number of hydrogen-bond acceptors (Lipinski definition) is 2. The van der Waals surface area contributed by atoms with Gasteiger partial charge < -0.3 is 10.2 Å². The van der Waals surface area contributed by atoms with Gasteiger partial charge in [-0.25, -0.2) is 0 Å². The zero-order valence-corrected chi connectivity index (χ0v) is 12.5. The number of halogens is 1. The summed E-state index contributed by atoms with van der Waals surface area (Å²) in [6.07, 6.45) is 1.96. The van der Waals surface area contributed by atoms with Crippen molar-refractivity contribution in [2.45, 2.75) is 32.2 Å². The number of carbonyl (C=O) groups is 1. The Kier molecular flexibility index (Phi) is 4.16. The van der Waals surface area contributed by atoms with E-state index in [2.05, 4.69) is 12.2 Å². The second kappa shape index (κ2) is 5.51. The van der Waals surface area contributed by atoms with Gasteiger partial charge in [0.25, 0.3) is 5.91 Å². The van der Waals surface area contributed by atoms with E-state index in [-0.39, 0.29) is 11.4 Å². The lowest BCUT2D eigenvalue weighted by molar-refractivity contribution is 0.0662. The molecule has 1 aliphatic heterocycles. The highest BCUT2D eigenvalue weighted by Gasteiger charge is 2.30. The van der Waals surface area contributed by atoms with Gasteiger partial charge in [-0.1, -0.05) is 17.7 Å². The number of likely N-dealkylation sites (tertiary alicyclic amines) is 1. The van der Waals surface area contributed by atoms with E-state index in [0.29, 0.717) is 10.6 Å². The summed E-state index contributed by atoms with van der Waals surface area (Å²) >= 11 is 6.08. The Balaban J connectivity index is 2.07. The van der Waals surface area contributed by atoms with Crippen LogP contribution < -0.4 is 5.32 Å². The zero-order chi connectivity index (χ0) is 14.0. The molecule has 104 valence electrons. The minimum absolute atomic E-state index is 0.0834. The summed E-state index contributed by atoms with van der Waals surface area (Å²) in [5.74, 6) is 0.0834. The lowest BCUT2D eigenvalue weighted by Crippen LogP contribution is -2.51. The fourth-order valence-corrected chi connectivity index (χ4v) is 2.54. The molecule has 0 bridgehead atoms. The standard InChI is InChI=1S/C15H21ClN2O/c1-11-4-5-12(10-13(11)16)14(19)18-8-6-15(2,17-3)7-9-18/h4-5,10,17H,6-9H2,1-3H3. The first kappa shape index (κ1) is 14.4. The van der Waals surface area contributed by atoms with Crippen LogP contribution in [0.2, 0.25) is 5.02 Å². The molecule has 1 aliphatic rings. The number of nitrogens with one attached hydrogen (secondary N) is 1. The Morgan fingerprint density at radius 3 is 2.53 bits per heavy atom. The molecular weight excluding hydrogens is 260 g/mol. The molecule has 0 radical (unpaired) electrons. The summed E-state index contributed by atoms with van der Waals surface area (Å²) in [6.45, 7) is 5.73. The molecule has 1 aromatic carbocycles. The number of carbonyl (C=O) groups excluding carboxylic acids is 1. The Morgan fingerprint density at radius 1 is 1.37 bits per heavy atom. The summed E-state index contributed by atoms with van der Waals surface area (Å²) in [5, 5.41) is 3.99. The van der Waals surface area contributed by atoms with E-state index < -0.39 is 0 Å². The van der Waals surface area contributed by atoms with Gasteiger partial charge in [0.15, 0.2) is 0 Å². The highest BCUT2D eigenvalue weighted by Crippen LogP contribution is 2.23. The van der Waals surface area contributed by atoms with Crippen LogP contribution in [0.15, 0.2) is 18.2 Å². The number of nitrogens with zero attached hydrogens (tertiary/aromatic N) is 1. The molecule has 3 nitrogen and oxygen atoms in total. The number of rotatable bonds is 2. The number of hydrogen-bond donors (Lipinski definition) is 1. The lowest BCUT2D eigenvalue weighted by atomic mass is 9.89. The van der Waals surface area contributed by atoms with Gasteiger partial charge >= 0.3 is 0 Å². The first-order valence-corrected chi connectivity index (χ1v) is 7.07. The molecule has 0 saturated carbocycles. The van der Waals surface area contributed by atoms with Crippen LogP contribution in [-0.4, -0.2) is 36.5 Å². The third-order valence-electron chi connectivity index (χ3n) is 4.18. The Labute approximate surface area is 119 Å². The lowest BCUT2D eigenvalue weighted by Gasteiger charge is -2.39. The van der Waals surface area contributed by atoms with Gasteiger partial charge in [-0.2, -0.15) is 0 Å². The average molecular weight is 281 g/mol. The second-order valence-electron chi connectivity index (χ2n) is 5.57. The SMILES string of the molecule is CNC1(C)CCN(C(=O)c2ccc(C)c(Cl)c2)CC1. The van der Waals surface area contributed by atoms with Crippen LogP contribution in [0.3, 0.4) is 0 Å². The van der Waals surface area contributed by atoms with Crippen molar-refractivity contribution in [3.05, 3.63) is 34.3 Å². The molecule has 2 rings (SSSR count). The van der Waals surface area contributed by atoms with Crippen LogP contribution in [0.25, 0.3) is 0 Å². The van der Waals surface area contributed by atoms with E-state index >= 15 is 0 Å². The molecule has 0 atom stereocenters. The maximum absolute atomic E-state index is 12.4. The summed E-state index contributed by atoms with van der Waals surface area (Å²) in [5.41, 5.74) is 1.84. The zero-order valence-electron chi connectivity index (χ0n) is 11.8. The first-order chi connectivity index (χ1) is 8.95. The van der Waals surface area contributed by atoms with Gasteiger partial charge in [-0.15, -0.1) is 0 Å². The molecule has 19 heavy (non-hydrogen) atoms. The first-order valence-electron chi connectivity index (χ1n) is 6.69. The summed E-state index contributed by atoms with van der Waals surface area (Å²) in [4.78, 5) is 14.3. The van der Waals surface area contributed by atoms with Crippen LogP contribution in [0.4, 0.5) is 0 Å². The predicted molar refractivity (Wildman–Crippen MR) is 78.8 cm³/mol. The molecule has 1 aromatic rings. The molecule has 1 fully saturated rings. The second-order valence-corrected chi connectivity index (χ2v) is 5.97. The molecule has 0 aromatic heterocycles. The smallest absolute Gasteiger partial charge is 0.253 e. The highest BCUT2D eigenvalue weighted by molar-refractivity contribution is 6.31. The van der Waals surface area contributed by atoms with E-state index in [4.69, 9.17) is 11.6 Å². The van der Waals surface area contributed by atoms with Gasteiger partial charge in [0.05, 0.1) is 0 Å². The number of amides is 1. The van der Waals surface area contributed by atoms with E-state index in [1.165, 1.54) is 0 Å². The van der Waals surface area contributed by atoms with E-state index in [9.17, 15) is 4.79 Å². The summed E-state index contributed by atoms with van der Waals surface area (Å²) < 4.78 is 0. The number of aryl methyl sites for hydroxylation is 1. The molecule has 1 saturated heterocycles.